The molecule has 2 heterocycles. The first-order valence-electron chi connectivity index (χ1n) is 6.13. The molecule has 0 saturated carbocycles. The summed E-state index contributed by atoms with van der Waals surface area (Å²) in [6.45, 7) is 3.16. The largest absolute Gasteiger partial charge is 0.310 e. The van der Waals surface area contributed by atoms with Crippen molar-refractivity contribution < 1.29 is 0 Å². The molecule has 0 spiro atoms. The zero-order valence-corrected chi connectivity index (χ0v) is 14.8. The molecule has 4 nitrogen and oxygen atoms in total. The SMILES string of the molecule is CCCNC(Cc1cn(C)nn1)c1cc(Br)sc1Br. The molecule has 2 aromatic rings. The molecule has 0 radical (unpaired) electrons. The Morgan fingerprint density at radius 1 is 1.47 bits per heavy atom. The highest BCUT2D eigenvalue weighted by Crippen LogP contribution is 2.36. The Hall–Kier alpha value is -0.240. The van der Waals surface area contributed by atoms with Crippen LogP contribution in [0.1, 0.15) is 30.6 Å². The maximum Gasteiger partial charge on any atom is 0.0845 e. The summed E-state index contributed by atoms with van der Waals surface area (Å²) in [5.41, 5.74) is 2.28. The van der Waals surface area contributed by atoms with Crippen molar-refractivity contribution in [3.05, 3.63) is 31.1 Å². The Kier molecular flexibility index (Phi) is 5.56. The molecule has 0 aliphatic rings. The van der Waals surface area contributed by atoms with Crippen LogP contribution in [-0.4, -0.2) is 21.5 Å². The van der Waals surface area contributed by atoms with Crippen molar-refractivity contribution in [3.63, 3.8) is 0 Å². The van der Waals surface area contributed by atoms with Gasteiger partial charge in [-0.1, -0.05) is 12.1 Å². The minimum Gasteiger partial charge on any atom is -0.310 e. The van der Waals surface area contributed by atoms with Crippen molar-refractivity contribution in [3.8, 4) is 0 Å². The van der Waals surface area contributed by atoms with Crippen LogP contribution in [-0.2, 0) is 13.5 Å². The van der Waals surface area contributed by atoms with Crippen LogP contribution in [0.25, 0.3) is 0 Å². The van der Waals surface area contributed by atoms with E-state index < -0.39 is 0 Å². The molecule has 1 atom stereocenters. The molecule has 7 heteroatoms. The summed E-state index contributed by atoms with van der Waals surface area (Å²) in [6.07, 6.45) is 3.92. The Labute approximate surface area is 133 Å². The second-order valence-corrected chi connectivity index (χ2v) is 8.12. The van der Waals surface area contributed by atoms with E-state index in [9.17, 15) is 0 Å². The van der Waals surface area contributed by atoms with Gasteiger partial charge in [0.25, 0.3) is 0 Å². The van der Waals surface area contributed by atoms with Crippen molar-refractivity contribution in [2.45, 2.75) is 25.8 Å². The predicted molar refractivity (Wildman–Crippen MR) is 85.5 cm³/mol. The van der Waals surface area contributed by atoms with Crippen LogP contribution in [0.3, 0.4) is 0 Å². The molecule has 0 fully saturated rings. The first-order valence-corrected chi connectivity index (χ1v) is 8.53. The van der Waals surface area contributed by atoms with Crippen LogP contribution in [0.4, 0.5) is 0 Å². The van der Waals surface area contributed by atoms with Gasteiger partial charge in [0.2, 0.25) is 0 Å². The molecule has 0 aromatic carbocycles. The van der Waals surface area contributed by atoms with Crippen molar-refractivity contribution in [2.24, 2.45) is 7.05 Å². The number of hydrogen-bond acceptors (Lipinski definition) is 4. The number of hydrogen-bond donors (Lipinski definition) is 1. The molecular weight excluding hydrogens is 392 g/mol. The molecule has 2 rings (SSSR count). The molecule has 1 unspecified atom stereocenters. The lowest BCUT2D eigenvalue weighted by molar-refractivity contribution is 0.524. The molecule has 19 heavy (non-hydrogen) atoms. The molecule has 0 aliphatic heterocycles. The highest BCUT2D eigenvalue weighted by atomic mass is 79.9. The maximum absolute atomic E-state index is 4.17. The summed E-state index contributed by atoms with van der Waals surface area (Å²) in [5, 5.41) is 11.7. The Balaban J connectivity index is 2.18. The van der Waals surface area contributed by atoms with Gasteiger partial charge in [-0.2, -0.15) is 0 Å². The highest BCUT2D eigenvalue weighted by molar-refractivity contribution is 9.12. The third-order valence-corrected chi connectivity index (χ3v) is 5.15. The molecular formula is C12H16Br2N4S. The summed E-state index contributed by atoms with van der Waals surface area (Å²) >= 11 is 8.87. The van der Waals surface area contributed by atoms with Crippen molar-refractivity contribution in [1.29, 1.82) is 0 Å². The Bertz CT molecular complexity index is 538. The second kappa shape index (κ2) is 6.97. The first kappa shape index (κ1) is 15.2. The third kappa shape index (κ3) is 4.11. The van der Waals surface area contributed by atoms with Gasteiger partial charge in [-0.3, -0.25) is 4.68 Å². The van der Waals surface area contributed by atoms with Crippen LogP contribution in [0.15, 0.2) is 19.8 Å². The van der Waals surface area contributed by atoms with E-state index in [1.807, 2.05) is 13.2 Å². The summed E-state index contributed by atoms with van der Waals surface area (Å²) in [5.74, 6) is 0. The lowest BCUT2D eigenvalue weighted by Crippen LogP contribution is -2.24. The van der Waals surface area contributed by atoms with E-state index in [1.165, 1.54) is 5.56 Å². The fraction of sp³-hybridized carbons (Fsp3) is 0.500. The van der Waals surface area contributed by atoms with Gasteiger partial charge in [-0.25, -0.2) is 0 Å². The first-order chi connectivity index (χ1) is 9.10. The van der Waals surface area contributed by atoms with Gasteiger partial charge in [-0.15, -0.1) is 16.4 Å². The quantitative estimate of drug-likeness (QED) is 0.793. The molecule has 0 saturated heterocycles. The van der Waals surface area contributed by atoms with E-state index in [-0.39, 0.29) is 6.04 Å². The van der Waals surface area contributed by atoms with Gasteiger partial charge in [0.15, 0.2) is 0 Å². The monoisotopic (exact) mass is 406 g/mol. The van der Waals surface area contributed by atoms with E-state index in [0.29, 0.717) is 0 Å². The lowest BCUT2D eigenvalue weighted by atomic mass is 10.1. The van der Waals surface area contributed by atoms with Crippen LogP contribution in [0.5, 0.6) is 0 Å². The smallest absolute Gasteiger partial charge is 0.0845 e. The van der Waals surface area contributed by atoms with Gasteiger partial charge in [0.05, 0.1) is 13.3 Å². The average molecular weight is 408 g/mol. The van der Waals surface area contributed by atoms with E-state index >= 15 is 0 Å². The molecule has 104 valence electrons. The standard InChI is InChI=1S/C12H16Br2N4S/c1-3-4-15-10(5-8-7-18(2)17-16-8)9-6-11(13)19-12(9)14/h6-7,10,15H,3-5H2,1-2H3. The number of nitrogens with one attached hydrogen (secondary N) is 1. The van der Waals surface area contributed by atoms with Crippen LogP contribution < -0.4 is 5.32 Å². The molecule has 2 aromatic heterocycles. The highest BCUT2D eigenvalue weighted by Gasteiger charge is 2.18. The second-order valence-electron chi connectivity index (χ2n) is 4.37. The van der Waals surface area contributed by atoms with Crippen molar-refractivity contribution in [2.75, 3.05) is 6.54 Å². The molecule has 1 N–H and O–H groups in total. The van der Waals surface area contributed by atoms with E-state index in [0.717, 1.165) is 32.7 Å². The number of aromatic nitrogens is 3. The number of halogens is 2. The topological polar surface area (TPSA) is 42.7 Å². The number of nitrogens with zero attached hydrogens (tertiary/aromatic N) is 3. The Morgan fingerprint density at radius 3 is 2.79 bits per heavy atom. The third-order valence-electron chi connectivity index (χ3n) is 2.76. The summed E-state index contributed by atoms with van der Waals surface area (Å²) in [4.78, 5) is 0. The minimum absolute atomic E-state index is 0.258. The summed E-state index contributed by atoms with van der Waals surface area (Å²) in [6, 6.07) is 2.42. The minimum atomic E-state index is 0.258. The van der Waals surface area contributed by atoms with Gasteiger partial charge in [0.1, 0.15) is 0 Å². The predicted octanol–water partition coefficient (Wildman–Crippen LogP) is 3.69. The lowest BCUT2D eigenvalue weighted by Gasteiger charge is -2.17. The summed E-state index contributed by atoms with van der Waals surface area (Å²) in [7, 11) is 1.89. The van der Waals surface area contributed by atoms with Crippen LogP contribution in [0.2, 0.25) is 0 Å². The van der Waals surface area contributed by atoms with E-state index in [2.05, 4.69) is 60.5 Å². The zero-order chi connectivity index (χ0) is 13.8. The number of rotatable bonds is 6. The fourth-order valence-corrected chi connectivity index (χ4v) is 4.87. The average Bonchev–Trinajstić information content (AvgIpc) is 2.91. The van der Waals surface area contributed by atoms with Gasteiger partial charge >= 0.3 is 0 Å². The number of aryl methyl sites for hydroxylation is 1. The van der Waals surface area contributed by atoms with E-state index in [4.69, 9.17) is 0 Å². The molecule has 0 bridgehead atoms. The van der Waals surface area contributed by atoms with Crippen molar-refractivity contribution in [1.82, 2.24) is 20.3 Å². The van der Waals surface area contributed by atoms with Gasteiger partial charge in [-0.05, 0) is 56.5 Å². The molecule has 0 amide bonds. The molecule has 0 aliphatic carbocycles. The summed E-state index contributed by atoms with van der Waals surface area (Å²) < 4.78 is 4.04. The normalized spacial score (nSPS) is 12.8. The van der Waals surface area contributed by atoms with Crippen LogP contribution in [0, 0.1) is 0 Å². The van der Waals surface area contributed by atoms with Gasteiger partial charge in [0, 0.05) is 25.7 Å². The Morgan fingerprint density at radius 2 is 2.26 bits per heavy atom. The number of thiophene rings is 1. The van der Waals surface area contributed by atoms with Crippen LogP contribution >= 0.6 is 43.2 Å². The fourth-order valence-electron chi connectivity index (χ4n) is 1.90. The van der Waals surface area contributed by atoms with E-state index in [1.54, 1.807) is 16.0 Å². The van der Waals surface area contributed by atoms with Crippen molar-refractivity contribution >= 4 is 43.2 Å². The zero-order valence-electron chi connectivity index (χ0n) is 10.9. The van der Waals surface area contributed by atoms with Gasteiger partial charge < -0.3 is 5.32 Å². The maximum atomic E-state index is 4.17.